The number of nitriles is 1. The molecule has 0 aromatic carbocycles. The molecule has 0 bridgehead atoms. The molecule has 1 fully saturated rings. The lowest BCUT2D eigenvalue weighted by Gasteiger charge is -2.31. The monoisotopic (exact) mass is 475 g/mol. The maximum absolute atomic E-state index is 12.7. The third-order valence-electron chi connectivity index (χ3n) is 6.14. The van der Waals surface area contributed by atoms with Gasteiger partial charge in [-0.15, -0.1) is 11.3 Å². The molecular weight excluding hydrogens is 446 g/mol. The van der Waals surface area contributed by atoms with E-state index in [1.54, 1.807) is 18.3 Å². The number of nitrogens with two attached hydrogens (primary N) is 1. The molecule has 8 heteroatoms. The van der Waals surface area contributed by atoms with Crippen LogP contribution in [0.15, 0.2) is 42.6 Å². The first-order valence-corrected chi connectivity index (χ1v) is 12.5. The van der Waals surface area contributed by atoms with Gasteiger partial charge in [-0.1, -0.05) is 6.07 Å². The number of nitrogens with zero attached hydrogens (tertiary/aromatic N) is 4. The fourth-order valence-electron chi connectivity index (χ4n) is 4.26. The zero-order valence-corrected chi connectivity index (χ0v) is 20.2. The van der Waals surface area contributed by atoms with Gasteiger partial charge in [0.05, 0.1) is 22.9 Å². The molecular formula is C26H29N5O2S. The minimum absolute atomic E-state index is 0.0554. The second kappa shape index (κ2) is 11.2. The van der Waals surface area contributed by atoms with Crippen LogP contribution in [0, 0.1) is 17.2 Å². The molecule has 4 heterocycles. The molecule has 0 saturated carbocycles. The summed E-state index contributed by atoms with van der Waals surface area (Å²) < 4.78 is 5.41. The Bertz CT molecular complexity index is 1160. The smallest absolute Gasteiger partial charge is 0.234 e. The van der Waals surface area contributed by atoms with Gasteiger partial charge in [-0.05, 0) is 75.5 Å². The average molecular weight is 476 g/mol. The first-order chi connectivity index (χ1) is 16.6. The highest BCUT2D eigenvalue weighted by Crippen LogP contribution is 2.30. The molecule has 1 aliphatic rings. The molecule has 1 saturated heterocycles. The van der Waals surface area contributed by atoms with Gasteiger partial charge in [-0.3, -0.25) is 14.7 Å². The number of likely N-dealkylation sites (tertiary alicyclic amines) is 1. The summed E-state index contributed by atoms with van der Waals surface area (Å²) in [6.07, 6.45) is 5.25. The van der Waals surface area contributed by atoms with Gasteiger partial charge in [-0.2, -0.15) is 5.26 Å². The quantitative estimate of drug-likeness (QED) is 0.437. The first kappa shape index (κ1) is 23.9. The molecule has 3 aromatic rings. The summed E-state index contributed by atoms with van der Waals surface area (Å²) in [5.41, 5.74) is 7.67. The molecule has 4 rings (SSSR count). The van der Waals surface area contributed by atoms with Crippen LogP contribution < -0.4 is 10.5 Å². The number of hydrogen-bond acceptors (Lipinski definition) is 8. The Kier molecular flexibility index (Phi) is 7.88. The van der Waals surface area contributed by atoms with Gasteiger partial charge in [0.1, 0.15) is 17.3 Å². The topological polar surface area (TPSA) is 105 Å². The van der Waals surface area contributed by atoms with Crippen molar-refractivity contribution >= 4 is 22.8 Å². The van der Waals surface area contributed by atoms with E-state index in [-0.39, 0.29) is 28.6 Å². The molecule has 34 heavy (non-hydrogen) atoms. The molecule has 1 aliphatic heterocycles. The van der Waals surface area contributed by atoms with Gasteiger partial charge < -0.3 is 10.5 Å². The van der Waals surface area contributed by atoms with E-state index < -0.39 is 0 Å². The van der Waals surface area contributed by atoms with E-state index in [0.717, 1.165) is 44.6 Å². The zero-order chi connectivity index (χ0) is 23.9. The van der Waals surface area contributed by atoms with E-state index in [9.17, 15) is 10.1 Å². The van der Waals surface area contributed by atoms with Gasteiger partial charge >= 0.3 is 0 Å². The number of hydrogen-bond donors (Lipinski definition) is 1. The minimum atomic E-state index is -0.0554. The molecule has 3 aromatic heterocycles. The van der Waals surface area contributed by atoms with E-state index in [2.05, 4.69) is 27.0 Å². The Balaban J connectivity index is 1.26. The van der Waals surface area contributed by atoms with Crippen molar-refractivity contribution in [3.8, 4) is 22.5 Å². The molecule has 0 unspecified atom stereocenters. The van der Waals surface area contributed by atoms with Crippen LogP contribution in [-0.2, 0) is 6.54 Å². The Morgan fingerprint density at radius 1 is 1.29 bits per heavy atom. The summed E-state index contributed by atoms with van der Waals surface area (Å²) in [4.78, 5) is 26.5. The fraction of sp³-hybridized carbons (Fsp3) is 0.385. The lowest BCUT2D eigenvalue weighted by Crippen LogP contribution is -2.33. The van der Waals surface area contributed by atoms with Crippen molar-refractivity contribution in [2.24, 2.45) is 5.92 Å². The molecule has 2 N–H and O–H groups in total. The van der Waals surface area contributed by atoms with Crippen LogP contribution in [0.1, 0.15) is 53.5 Å². The van der Waals surface area contributed by atoms with E-state index in [0.29, 0.717) is 18.9 Å². The third-order valence-corrected chi connectivity index (χ3v) is 7.23. The van der Waals surface area contributed by atoms with Gasteiger partial charge in [-0.25, -0.2) is 4.98 Å². The minimum Gasteiger partial charge on any atom is -0.477 e. The number of pyridine rings is 2. The largest absolute Gasteiger partial charge is 0.477 e. The van der Waals surface area contributed by atoms with Crippen molar-refractivity contribution in [2.75, 3.05) is 25.4 Å². The maximum Gasteiger partial charge on any atom is 0.234 e. The second-order valence-corrected chi connectivity index (χ2v) is 9.65. The van der Waals surface area contributed by atoms with Gasteiger partial charge in [0, 0.05) is 24.0 Å². The number of nitrogen functional groups attached to an aromatic ring is 1. The van der Waals surface area contributed by atoms with Gasteiger partial charge in [0.25, 0.3) is 0 Å². The van der Waals surface area contributed by atoms with E-state index in [1.807, 2.05) is 30.5 Å². The number of carbonyl (C=O) groups is 1. The zero-order valence-electron chi connectivity index (χ0n) is 19.4. The van der Waals surface area contributed by atoms with Crippen molar-refractivity contribution in [3.63, 3.8) is 0 Å². The van der Waals surface area contributed by atoms with E-state index in [1.165, 1.54) is 15.8 Å². The maximum atomic E-state index is 12.7. The van der Waals surface area contributed by atoms with Crippen LogP contribution in [0.5, 0.6) is 5.88 Å². The SMILES string of the molecule is CCOc1nc(C(=O)CCC2CCN(Cc3ccc(-c4ccccn4)s3)CC2)cc(N)c1C#N. The van der Waals surface area contributed by atoms with Crippen LogP contribution >= 0.6 is 11.3 Å². The fourth-order valence-corrected chi connectivity index (χ4v) is 5.29. The Labute approximate surface area is 204 Å². The molecule has 0 amide bonds. The van der Waals surface area contributed by atoms with E-state index >= 15 is 0 Å². The molecule has 7 nitrogen and oxygen atoms in total. The average Bonchev–Trinajstić information content (AvgIpc) is 3.32. The van der Waals surface area contributed by atoms with Crippen molar-refractivity contribution in [1.29, 1.82) is 5.26 Å². The normalized spacial score (nSPS) is 14.6. The standard InChI is InChI=1S/C26H29N5O2S/c1-2-33-26-20(16-27)21(28)15-23(30-26)24(32)8-6-18-10-13-31(14-11-18)17-19-7-9-25(34-19)22-5-3-4-12-29-22/h3-5,7,9,12,15,18H,2,6,8,10-11,13-14,17H2,1H3,(H2,28,30). The Hall–Kier alpha value is -3.28. The van der Waals surface area contributed by atoms with Crippen molar-refractivity contribution < 1.29 is 9.53 Å². The van der Waals surface area contributed by atoms with Crippen molar-refractivity contribution in [2.45, 2.75) is 39.2 Å². The van der Waals surface area contributed by atoms with Crippen molar-refractivity contribution in [3.05, 3.63) is 58.7 Å². The third kappa shape index (κ3) is 5.79. The van der Waals surface area contributed by atoms with Crippen LogP contribution in [0.25, 0.3) is 10.6 Å². The van der Waals surface area contributed by atoms with Crippen molar-refractivity contribution in [1.82, 2.24) is 14.9 Å². The van der Waals surface area contributed by atoms with Crippen LogP contribution in [0.4, 0.5) is 5.69 Å². The first-order valence-electron chi connectivity index (χ1n) is 11.7. The Morgan fingerprint density at radius 3 is 2.82 bits per heavy atom. The molecule has 176 valence electrons. The molecule has 0 radical (unpaired) electrons. The summed E-state index contributed by atoms with van der Waals surface area (Å²) in [7, 11) is 0. The highest BCUT2D eigenvalue weighted by Gasteiger charge is 2.22. The number of carbonyl (C=O) groups excluding carboxylic acids is 1. The number of piperidine rings is 1. The summed E-state index contributed by atoms with van der Waals surface area (Å²) in [5.74, 6) is 0.608. The number of ketones is 1. The van der Waals surface area contributed by atoms with E-state index in [4.69, 9.17) is 10.5 Å². The highest BCUT2D eigenvalue weighted by molar-refractivity contribution is 7.15. The van der Waals surface area contributed by atoms with Gasteiger partial charge in [0.2, 0.25) is 5.88 Å². The lowest BCUT2D eigenvalue weighted by atomic mass is 9.91. The second-order valence-electron chi connectivity index (χ2n) is 8.48. The molecule has 0 aliphatic carbocycles. The summed E-state index contributed by atoms with van der Waals surface area (Å²) in [5, 5.41) is 9.26. The predicted octanol–water partition coefficient (Wildman–Crippen LogP) is 4.93. The Morgan fingerprint density at radius 2 is 2.12 bits per heavy atom. The summed E-state index contributed by atoms with van der Waals surface area (Å²) >= 11 is 1.80. The number of anilines is 1. The number of ether oxygens (including phenoxy) is 1. The molecule has 0 spiro atoms. The number of rotatable bonds is 9. The van der Waals surface area contributed by atoms with Gasteiger partial charge in [0.15, 0.2) is 5.78 Å². The highest BCUT2D eigenvalue weighted by atomic mass is 32.1. The lowest BCUT2D eigenvalue weighted by molar-refractivity contribution is 0.0955. The number of thiophene rings is 1. The molecule has 0 atom stereocenters. The number of Topliss-reactive ketones (excluding diaryl/α,β-unsaturated/α-hetero) is 1. The van der Waals surface area contributed by atoms with Crippen LogP contribution in [0.2, 0.25) is 0 Å². The summed E-state index contributed by atoms with van der Waals surface area (Å²) in [6, 6.07) is 13.8. The van der Waals surface area contributed by atoms with Crippen LogP contribution in [0.3, 0.4) is 0 Å². The van der Waals surface area contributed by atoms with Crippen LogP contribution in [-0.4, -0.2) is 40.3 Å². The summed E-state index contributed by atoms with van der Waals surface area (Å²) in [6.45, 7) is 5.18. The number of aromatic nitrogens is 2. The predicted molar refractivity (Wildman–Crippen MR) is 134 cm³/mol.